The molecule has 22 heavy (non-hydrogen) atoms. The Morgan fingerprint density at radius 3 is 2.64 bits per heavy atom. The van der Waals surface area contributed by atoms with Gasteiger partial charge in [0, 0.05) is 50.0 Å². The highest BCUT2D eigenvalue weighted by molar-refractivity contribution is 5.93. The summed E-state index contributed by atoms with van der Waals surface area (Å²) in [6.07, 6.45) is 1.84. The minimum Gasteiger partial charge on any atom is -0.351 e. The Morgan fingerprint density at radius 1 is 1.36 bits per heavy atom. The fourth-order valence-electron chi connectivity index (χ4n) is 2.92. The number of aromatic amines is 1. The zero-order valence-electron chi connectivity index (χ0n) is 14.3. The third-order valence-electron chi connectivity index (χ3n) is 4.69. The number of carbonyl (C=O) groups is 1. The molecule has 6 nitrogen and oxygen atoms in total. The van der Waals surface area contributed by atoms with Gasteiger partial charge in [-0.15, -0.1) is 0 Å². The molecule has 0 aromatic carbocycles. The first-order valence-electron chi connectivity index (χ1n) is 8.27. The molecule has 0 saturated carbocycles. The zero-order valence-corrected chi connectivity index (χ0v) is 14.3. The average Bonchev–Trinajstić information content (AvgIpc) is 2.88. The van der Waals surface area contributed by atoms with E-state index >= 15 is 0 Å². The molecule has 1 saturated heterocycles. The van der Waals surface area contributed by atoms with Crippen molar-refractivity contribution in [3.8, 4) is 0 Å². The summed E-state index contributed by atoms with van der Waals surface area (Å²) in [7, 11) is 2.17. The van der Waals surface area contributed by atoms with Gasteiger partial charge in [0.2, 0.25) is 0 Å². The van der Waals surface area contributed by atoms with E-state index in [0.717, 1.165) is 50.3 Å². The highest BCUT2D eigenvalue weighted by Gasteiger charge is 2.19. The first kappa shape index (κ1) is 17.0. The van der Waals surface area contributed by atoms with E-state index in [1.165, 1.54) is 0 Å². The Hall–Kier alpha value is -1.40. The quantitative estimate of drug-likeness (QED) is 0.824. The van der Waals surface area contributed by atoms with Gasteiger partial charge >= 0.3 is 0 Å². The van der Waals surface area contributed by atoms with Crippen LogP contribution in [0.3, 0.4) is 0 Å². The van der Waals surface area contributed by atoms with E-state index in [4.69, 9.17) is 0 Å². The number of rotatable bonds is 6. The summed E-state index contributed by atoms with van der Waals surface area (Å²) in [4.78, 5) is 17.0. The first-order valence-corrected chi connectivity index (χ1v) is 8.27. The van der Waals surface area contributed by atoms with Gasteiger partial charge in [0.25, 0.3) is 5.91 Å². The van der Waals surface area contributed by atoms with Gasteiger partial charge in [-0.1, -0.05) is 6.92 Å². The lowest BCUT2D eigenvalue weighted by Gasteiger charge is -2.36. The molecule has 124 valence electrons. The van der Waals surface area contributed by atoms with Crippen LogP contribution in [0.15, 0.2) is 0 Å². The number of carbonyl (C=O) groups excluding carboxylic acids is 1. The van der Waals surface area contributed by atoms with Gasteiger partial charge in [-0.2, -0.15) is 5.10 Å². The summed E-state index contributed by atoms with van der Waals surface area (Å²) >= 11 is 0. The monoisotopic (exact) mass is 307 g/mol. The van der Waals surface area contributed by atoms with Gasteiger partial charge in [0.15, 0.2) is 5.69 Å². The fraction of sp³-hybridized carbons (Fsp3) is 0.750. The largest absolute Gasteiger partial charge is 0.351 e. The van der Waals surface area contributed by atoms with E-state index in [9.17, 15) is 4.79 Å². The van der Waals surface area contributed by atoms with Crippen molar-refractivity contribution in [3.63, 3.8) is 0 Å². The molecule has 0 bridgehead atoms. The second-order valence-electron chi connectivity index (χ2n) is 6.26. The van der Waals surface area contributed by atoms with Gasteiger partial charge < -0.3 is 10.2 Å². The Bertz CT molecular complexity index is 491. The van der Waals surface area contributed by atoms with Gasteiger partial charge in [-0.05, 0) is 33.7 Å². The van der Waals surface area contributed by atoms with Crippen molar-refractivity contribution in [2.24, 2.45) is 0 Å². The van der Waals surface area contributed by atoms with Gasteiger partial charge in [0.05, 0.1) is 0 Å². The second kappa shape index (κ2) is 7.74. The van der Waals surface area contributed by atoms with Crippen LogP contribution < -0.4 is 5.32 Å². The van der Waals surface area contributed by atoms with Gasteiger partial charge in [-0.25, -0.2) is 0 Å². The highest BCUT2D eigenvalue weighted by atomic mass is 16.1. The van der Waals surface area contributed by atoms with Crippen LogP contribution in [0.5, 0.6) is 0 Å². The number of likely N-dealkylation sites (N-methyl/N-ethyl adjacent to an activating group) is 1. The summed E-state index contributed by atoms with van der Waals surface area (Å²) in [5, 5.41) is 10.1. The molecular formula is C16H29N5O. The van der Waals surface area contributed by atoms with Crippen molar-refractivity contribution < 1.29 is 4.79 Å². The van der Waals surface area contributed by atoms with E-state index in [2.05, 4.69) is 46.2 Å². The van der Waals surface area contributed by atoms with Crippen molar-refractivity contribution in [2.75, 3.05) is 39.8 Å². The van der Waals surface area contributed by atoms with Crippen molar-refractivity contribution in [1.82, 2.24) is 25.3 Å². The molecule has 0 radical (unpaired) electrons. The second-order valence-corrected chi connectivity index (χ2v) is 6.26. The molecule has 1 aromatic rings. The van der Waals surface area contributed by atoms with Crippen LogP contribution in [0.4, 0.5) is 0 Å². The first-order chi connectivity index (χ1) is 10.5. The number of aromatic nitrogens is 2. The van der Waals surface area contributed by atoms with E-state index in [1.54, 1.807) is 0 Å². The molecule has 2 heterocycles. The lowest BCUT2D eigenvalue weighted by molar-refractivity contribution is 0.0929. The molecule has 1 fully saturated rings. The molecular weight excluding hydrogens is 278 g/mol. The minimum atomic E-state index is -0.0703. The molecule has 2 N–H and O–H groups in total. The minimum absolute atomic E-state index is 0.0703. The van der Waals surface area contributed by atoms with Crippen LogP contribution in [0.1, 0.15) is 42.0 Å². The summed E-state index contributed by atoms with van der Waals surface area (Å²) in [5.74, 6) is -0.0703. The SMILES string of the molecule is CCc1[nH]nc(C(=O)NCCC(C)N2CCN(C)CC2)c1C. The number of hydrogen-bond donors (Lipinski definition) is 2. The standard InChI is InChI=1S/C16H29N5O/c1-5-14-13(3)15(19-18-14)16(22)17-7-6-12(2)21-10-8-20(4)9-11-21/h12H,5-11H2,1-4H3,(H,17,22)(H,18,19). The van der Waals surface area contributed by atoms with Gasteiger partial charge in [0.1, 0.15) is 0 Å². The predicted molar refractivity (Wildman–Crippen MR) is 88.2 cm³/mol. The summed E-state index contributed by atoms with van der Waals surface area (Å²) in [6.45, 7) is 11.4. The summed E-state index contributed by atoms with van der Waals surface area (Å²) < 4.78 is 0. The molecule has 1 aliphatic heterocycles. The van der Waals surface area contributed by atoms with Gasteiger partial charge in [-0.3, -0.25) is 14.8 Å². The predicted octanol–water partition coefficient (Wildman–Crippen LogP) is 1.04. The molecule has 1 unspecified atom stereocenters. The van der Waals surface area contributed by atoms with Crippen molar-refractivity contribution >= 4 is 5.91 Å². The average molecular weight is 307 g/mol. The van der Waals surface area contributed by atoms with E-state index in [-0.39, 0.29) is 5.91 Å². The maximum atomic E-state index is 12.2. The number of piperazine rings is 1. The molecule has 1 aromatic heterocycles. The van der Waals surface area contributed by atoms with Crippen molar-refractivity contribution in [2.45, 2.75) is 39.7 Å². The third-order valence-corrected chi connectivity index (χ3v) is 4.69. The molecule has 0 aliphatic carbocycles. The molecule has 0 spiro atoms. The maximum absolute atomic E-state index is 12.2. The van der Waals surface area contributed by atoms with Crippen LogP contribution in [0.25, 0.3) is 0 Å². The van der Waals surface area contributed by atoms with Crippen molar-refractivity contribution in [1.29, 1.82) is 0 Å². The Morgan fingerprint density at radius 2 is 2.05 bits per heavy atom. The van der Waals surface area contributed by atoms with Crippen LogP contribution in [0, 0.1) is 6.92 Å². The zero-order chi connectivity index (χ0) is 16.1. The normalized spacial score (nSPS) is 18.4. The fourth-order valence-corrected chi connectivity index (χ4v) is 2.92. The smallest absolute Gasteiger partial charge is 0.272 e. The Balaban J connectivity index is 1.75. The lowest BCUT2D eigenvalue weighted by Crippen LogP contribution is -2.48. The Kier molecular flexibility index (Phi) is 5.97. The molecule has 6 heteroatoms. The molecule has 1 aliphatic rings. The van der Waals surface area contributed by atoms with Crippen LogP contribution >= 0.6 is 0 Å². The lowest BCUT2D eigenvalue weighted by atomic mass is 10.1. The number of H-pyrrole nitrogens is 1. The van der Waals surface area contributed by atoms with Crippen LogP contribution in [-0.4, -0.2) is 71.7 Å². The van der Waals surface area contributed by atoms with Crippen molar-refractivity contribution in [3.05, 3.63) is 17.0 Å². The Labute approximate surface area is 133 Å². The molecule has 1 amide bonds. The molecule has 1 atom stereocenters. The summed E-state index contributed by atoms with van der Waals surface area (Å²) in [6, 6.07) is 0.500. The molecule has 2 rings (SSSR count). The van der Waals surface area contributed by atoms with Crippen LogP contribution in [-0.2, 0) is 6.42 Å². The van der Waals surface area contributed by atoms with E-state index in [1.807, 2.05) is 6.92 Å². The number of aryl methyl sites for hydroxylation is 1. The number of hydrogen-bond acceptors (Lipinski definition) is 4. The van der Waals surface area contributed by atoms with E-state index in [0.29, 0.717) is 18.3 Å². The summed E-state index contributed by atoms with van der Waals surface area (Å²) in [5.41, 5.74) is 2.53. The topological polar surface area (TPSA) is 64.3 Å². The van der Waals surface area contributed by atoms with E-state index < -0.39 is 0 Å². The number of nitrogens with one attached hydrogen (secondary N) is 2. The van der Waals surface area contributed by atoms with Crippen LogP contribution in [0.2, 0.25) is 0 Å². The third kappa shape index (κ3) is 4.08. The maximum Gasteiger partial charge on any atom is 0.272 e. The number of amides is 1. The highest BCUT2D eigenvalue weighted by Crippen LogP contribution is 2.11. The number of nitrogens with zero attached hydrogens (tertiary/aromatic N) is 3.